The molecule has 0 fully saturated rings. The molecule has 0 saturated carbocycles. The van der Waals surface area contributed by atoms with E-state index in [0.29, 0.717) is 35.7 Å². The highest BCUT2D eigenvalue weighted by Gasteiger charge is 2.28. The molecule has 4 aromatic rings. The topological polar surface area (TPSA) is 103 Å². The van der Waals surface area contributed by atoms with E-state index >= 15 is 0 Å². The van der Waals surface area contributed by atoms with Crippen molar-refractivity contribution >= 4 is 16.9 Å². The van der Waals surface area contributed by atoms with Crippen molar-refractivity contribution in [2.45, 2.75) is 19.0 Å². The minimum atomic E-state index is -0.358. The van der Waals surface area contributed by atoms with E-state index in [2.05, 4.69) is 25.3 Å². The van der Waals surface area contributed by atoms with Crippen molar-refractivity contribution in [1.29, 1.82) is 0 Å². The number of nitrogens with one attached hydrogen (secondary N) is 1. The summed E-state index contributed by atoms with van der Waals surface area (Å²) in [6, 6.07) is 11.8. The molecule has 1 amide bonds. The Morgan fingerprint density at radius 2 is 1.90 bits per heavy atom. The van der Waals surface area contributed by atoms with Gasteiger partial charge in [-0.25, -0.2) is 9.97 Å². The Kier molecular flexibility index (Phi) is 4.09. The minimum Gasteiger partial charge on any atom is -0.341 e. The van der Waals surface area contributed by atoms with E-state index in [1.54, 1.807) is 53.5 Å². The van der Waals surface area contributed by atoms with Gasteiger partial charge in [0.15, 0.2) is 0 Å². The molecule has 1 atom stereocenters. The molecule has 0 spiro atoms. The van der Waals surface area contributed by atoms with Crippen LogP contribution >= 0.6 is 0 Å². The summed E-state index contributed by atoms with van der Waals surface area (Å²) in [6.45, 7) is 0.512. The first-order valence-electron chi connectivity index (χ1n) is 9.24. The molecule has 1 unspecified atom stereocenters. The zero-order valence-electron chi connectivity index (χ0n) is 15.3. The van der Waals surface area contributed by atoms with Gasteiger partial charge in [-0.1, -0.05) is 0 Å². The number of aromatic nitrogens is 5. The van der Waals surface area contributed by atoms with Gasteiger partial charge in [-0.3, -0.25) is 24.1 Å². The SMILES string of the molecule is O=C(NC1CCn2c1nc(-c1ccncc1)cc2=O)c1ccc2ncccc2n1. The summed E-state index contributed by atoms with van der Waals surface area (Å²) in [7, 11) is 0. The number of amides is 1. The zero-order chi connectivity index (χ0) is 19.8. The maximum absolute atomic E-state index is 12.8. The van der Waals surface area contributed by atoms with Gasteiger partial charge in [0.2, 0.25) is 0 Å². The van der Waals surface area contributed by atoms with E-state index in [1.165, 1.54) is 6.07 Å². The summed E-state index contributed by atoms with van der Waals surface area (Å²) in [6.07, 6.45) is 5.59. The van der Waals surface area contributed by atoms with Crippen LogP contribution in [0.2, 0.25) is 0 Å². The van der Waals surface area contributed by atoms with Gasteiger partial charge < -0.3 is 5.32 Å². The van der Waals surface area contributed by atoms with Crippen LogP contribution in [0.3, 0.4) is 0 Å². The first-order chi connectivity index (χ1) is 14.2. The standard InChI is InChI=1S/C21H16N6O2/c28-19-12-18(13-5-9-22-10-6-13)25-20-16(7-11-27(19)20)26-21(29)17-4-3-14-15(24-17)2-1-8-23-14/h1-6,8-10,12,16H,7,11H2,(H,26,29). The molecular formula is C21H16N6O2. The summed E-state index contributed by atoms with van der Waals surface area (Å²) < 4.78 is 1.60. The monoisotopic (exact) mass is 384 g/mol. The van der Waals surface area contributed by atoms with Crippen LogP contribution in [0, 0.1) is 0 Å². The fraction of sp³-hybridized carbons (Fsp3) is 0.143. The molecule has 4 aromatic heterocycles. The van der Waals surface area contributed by atoms with Crippen LogP contribution in [-0.4, -0.2) is 30.4 Å². The van der Waals surface area contributed by atoms with Crippen LogP contribution in [-0.2, 0) is 6.54 Å². The van der Waals surface area contributed by atoms with Gasteiger partial charge in [0, 0.05) is 36.8 Å². The Hall–Kier alpha value is -3.94. The Morgan fingerprint density at radius 1 is 1.03 bits per heavy atom. The predicted octanol–water partition coefficient (Wildman–Crippen LogP) is 2.12. The second kappa shape index (κ2) is 6.90. The van der Waals surface area contributed by atoms with E-state index in [4.69, 9.17) is 0 Å². The van der Waals surface area contributed by atoms with Crippen LogP contribution in [0.4, 0.5) is 0 Å². The van der Waals surface area contributed by atoms with Gasteiger partial charge in [-0.05, 0) is 42.8 Å². The van der Waals surface area contributed by atoms with Crippen molar-refractivity contribution in [2.75, 3.05) is 0 Å². The van der Waals surface area contributed by atoms with E-state index in [9.17, 15) is 9.59 Å². The Labute approximate surface area is 165 Å². The van der Waals surface area contributed by atoms with Crippen molar-refractivity contribution in [3.05, 3.63) is 82.9 Å². The van der Waals surface area contributed by atoms with Crippen molar-refractivity contribution in [3.63, 3.8) is 0 Å². The summed E-state index contributed by atoms with van der Waals surface area (Å²) in [4.78, 5) is 42.6. The Balaban J connectivity index is 1.46. The van der Waals surface area contributed by atoms with Crippen molar-refractivity contribution in [3.8, 4) is 11.3 Å². The van der Waals surface area contributed by atoms with Crippen molar-refractivity contribution < 1.29 is 4.79 Å². The fourth-order valence-corrected chi connectivity index (χ4v) is 3.52. The van der Waals surface area contributed by atoms with Crippen molar-refractivity contribution in [1.82, 2.24) is 29.8 Å². The zero-order valence-corrected chi connectivity index (χ0v) is 15.3. The van der Waals surface area contributed by atoms with Crippen LogP contribution in [0.25, 0.3) is 22.3 Å². The van der Waals surface area contributed by atoms with Crippen LogP contribution in [0.5, 0.6) is 0 Å². The van der Waals surface area contributed by atoms with Gasteiger partial charge in [0.05, 0.1) is 22.8 Å². The first kappa shape index (κ1) is 17.2. The van der Waals surface area contributed by atoms with E-state index in [-0.39, 0.29) is 17.5 Å². The molecular weight excluding hydrogens is 368 g/mol. The molecule has 29 heavy (non-hydrogen) atoms. The lowest BCUT2D eigenvalue weighted by Gasteiger charge is -2.13. The van der Waals surface area contributed by atoms with Gasteiger partial charge >= 0.3 is 0 Å². The molecule has 5 rings (SSSR count). The van der Waals surface area contributed by atoms with Crippen LogP contribution in [0.15, 0.2) is 65.8 Å². The van der Waals surface area contributed by atoms with Gasteiger partial charge in [-0.15, -0.1) is 0 Å². The fourth-order valence-electron chi connectivity index (χ4n) is 3.52. The Morgan fingerprint density at radius 3 is 2.76 bits per heavy atom. The average Bonchev–Trinajstić information content (AvgIpc) is 3.17. The van der Waals surface area contributed by atoms with E-state index in [1.807, 2.05) is 6.07 Å². The molecule has 0 radical (unpaired) electrons. The molecule has 0 bridgehead atoms. The second-order valence-corrected chi connectivity index (χ2v) is 6.78. The molecule has 8 nitrogen and oxygen atoms in total. The predicted molar refractivity (Wildman–Crippen MR) is 106 cm³/mol. The van der Waals surface area contributed by atoms with Crippen molar-refractivity contribution in [2.24, 2.45) is 0 Å². The first-order valence-corrected chi connectivity index (χ1v) is 9.24. The van der Waals surface area contributed by atoms with Crippen LogP contribution < -0.4 is 10.9 Å². The number of pyridine rings is 3. The van der Waals surface area contributed by atoms with E-state index in [0.717, 1.165) is 11.1 Å². The second-order valence-electron chi connectivity index (χ2n) is 6.78. The number of hydrogen-bond acceptors (Lipinski definition) is 6. The highest BCUT2D eigenvalue weighted by atomic mass is 16.2. The Bertz CT molecular complexity index is 1290. The third kappa shape index (κ3) is 3.14. The number of rotatable bonds is 3. The molecule has 1 N–H and O–H groups in total. The molecule has 8 heteroatoms. The highest BCUT2D eigenvalue weighted by molar-refractivity contribution is 5.94. The summed E-state index contributed by atoms with van der Waals surface area (Å²) in [5.41, 5.74) is 2.93. The lowest BCUT2D eigenvalue weighted by molar-refractivity contribution is 0.0931. The smallest absolute Gasteiger partial charge is 0.270 e. The van der Waals surface area contributed by atoms with Gasteiger partial charge in [0.25, 0.3) is 11.5 Å². The molecule has 1 aliphatic rings. The minimum absolute atomic E-state index is 0.131. The molecule has 5 heterocycles. The quantitative estimate of drug-likeness (QED) is 0.580. The lowest BCUT2D eigenvalue weighted by Crippen LogP contribution is -2.30. The third-order valence-corrected chi connectivity index (χ3v) is 4.96. The molecule has 0 saturated heterocycles. The van der Waals surface area contributed by atoms with Gasteiger partial charge in [0.1, 0.15) is 11.5 Å². The number of hydrogen-bond donors (Lipinski definition) is 1. The molecule has 0 aliphatic carbocycles. The number of carbonyl (C=O) groups is 1. The number of fused-ring (bicyclic) bond motifs is 2. The average molecular weight is 384 g/mol. The number of carbonyl (C=O) groups excluding carboxylic acids is 1. The molecule has 142 valence electrons. The summed E-state index contributed by atoms with van der Waals surface area (Å²) in [5.74, 6) is 0.248. The molecule has 1 aliphatic heterocycles. The lowest BCUT2D eigenvalue weighted by atomic mass is 10.2. The number of nitrogens with zero attached hydrogens (tertiary/aromatic N) is 5. The van der Waals surface area contributed by atoms with E-state index < -0.39 is 0 Å². The third-order valence-electron chi connectivity index (χ3n) is 4.96. The maximum atomic E-state index is 12.8. The highest BCUT2D eigenvalue weighted by Crippen LogP contribution is 2.25. The molecule has 0 aromatic carbocycles. The van der Waals surface area contributed by atoms with Gasteiger partial charge in [-0.2, -0.15) is 0 Å². The normalized spacial score (nSPS) is 15.2. The largest absolute Gasteiger partial charge is 0.341 e. The summed E-state index contributed by atoms with van der Waals surface area (Å²) >= 11 is 0. The van der Waals surface area contributed by atoms with Crippen LogP contribution in [0.1, 0.15) is 28.8 Å². The summed E-state index contributed by atoms with van der Waals surface area (Å²) in [5, 5.41) is 2.97. The maximum Gasteiger partial charge on any atom is 0.270 e.